The fraction of sp³-hybridized carbons (Fsp3) is 0.286. The highest BCUT2D eigenvalue weighted by Gasteiger charge is 2.18. The lowest BCUT2D eigenvalue weighted by Crippen LogP contribution is -2.30. The first-order valence-electron chi connectivity index (χ1n) is 5.96. The van der Waals surface area contributed by atoms with Crippen LogP contribution in [0.4, 0.5) is 0 Å². The van der Waals surface area contributed by atoms with Gasteiger partial charge in [-0.15, -0.1) is 0 Å². The van der Waals surface area contributed by atoms with Crippen molar-refractivity contribution in [2.45, 2.75) is 19.0 Å². The number of halogens is 1. The van der Waals surface area contributed by atoms with Crippen LogP contribution in [-0.4, -0.2) is 6.54 Å². The van der Waals surface area contributed by atoms with E-state index in [1.54, 1.807) is 6.26 Å². The molecule has 0 aliphatic heterocycles. The zero-order chi connectivity index (χ0) is 13.0. The first kappa shape index (κ1) is 13.3. The second-order valence-corrected chi connectivity index (χ2v) is 5.07. The Labute approximate surface area is 115 Å². The van der Waals surface area contributed by atoms with E-state index in [-0.39, 0.29) is 12.1 Å². The molecule has 0 bridgehead atoms. The van der Waals surface area contributed by atoms with Gasteiger partial charge in [-0.25, -0.2) is 0 Å². The van der Waals surface area contributed by atoms with Crippen LogP contribution in [0.3, 0.4) is 0 Å². The molecule has 96 valence electrons. The van der Waals surface area contributed by atoms with E-state index in [9.17, 15) is 0 Å². The second-order valence-electron chi connectivity index (χ2n) is 4.22. The maximum atomic E-state index is 5.82. The third-order valence-electron chi connectivity index (χ3n) is 2.95. The van der Waals surface area contributed by atoms with Gasteiger partial charge in [-0.3, -0.25) is 5.32 Å². The molecule has 0 aliphatic rings. The largest absolute Gasteiger partial charge is 0.466 e. The summed E-state index contributed by atoms with van der Waals surface area (Å²) in [5.41, 5.74) is 7.05. The number of hydrogen-bond donors (Lipinski definition) is 2. The summed E-state index contributed by atoms with van der Waals surface area (Å²) in [4.78, 5) is 0. The molecule has 0 radical (unpaired) electrons. The molecular formula is C14H17BrN2O. The first-order valence-corrected chi connectivity index (χ1v) is 6.75. The van der Waals surface area contributed by atoms with Crippen molar-refractivity contribution in [3.63, 3.8) is 0 Å². The molecule has 0 saturated heterocycles. The average Bonchev–Trinajstić information content (AvgIpc) is 2.83. The van der Waals surface area contributed by atoms with Crippen LogP contribution in [0.2, 0.25) is 0 Å². The van der Waals surface area contributed by atoms with Crippen LogP contribution >= 0.6 is 15.9 Å². The van der Waals surface area contributed by atoms with Gasteiger partial charge in [0.15, 0.2) is 0 Å². The SMILES string of the molecule is CC(NC(CN)c1occc1Br)c1ccccc1. The fourth-order valence-corrected chi connectivity index (χ4v) is 2.42. The van der Waals surface area contributed by atoms with Gasteiger partial charge in [0.25, 0.3) is 0 Å². The van der Waals surface area contributed by atoms with Crippen molar-refractivity contribution >= 4 is 15.9 Å². The van der Waals surface area contributed by atoms with E-state index in [0.29, 0.717) is 6.54 Å². The van der Waals surface area contributed by atoms with E-state index in [4.69, 9.17) is 10.2 Å². The quantitative estimate of drug-likeness (QED) is 0.890. The summed E-state index contributed by atoms with van der Waals surface area (Å²) in [6.45, 7) is 2.61. The predicted octanol–water partition coefficient (Wildman–Crippen LogP) is 3.39. The topological polar surface area (TPSA) is 51.2 Å². The summed E-state index contributed by atoms with van der Waals surface area (Å²) in [6.07, 6.45) is 1.66. The minimum Gasteiger partial charge on any atom is -0.466 e. The Hall–Kier alpha value is -1.10. The second kappa shape index (κ2) is 6.18. The van der Waals surface area contributed by atoms with E-state index in [1.165, 1.54) is 5.56 Å². The van der Waals surface area contributed by atoms with Crippen molar-refractivity contribution < 1.29 is 4.42 Å². The molecule has 2 rings (SSSR count). The molecule has 0 spiro atoms. The lowest BCUT2D eigenvalue weighted by Gasteiger charge is -2.21. The van der Waals surface area contributed by atoms with E-state index < -0.39 is 0 Å². The van der Waals surface area contributed by atoms with Gasteiger partial charge in [0.2, 0.25) is 0 Å². The number of hydrogen-bond acceptors (Lipinski definition) is 3. The molecule has 2 unspecified atom stereocenters. The van der Waals surface area contributed by atoms with Gasteiger partial charge >= 0.3 is 0 Å². The van der Waals surface area contributed by atoms with Gasteiger partial charge in [0.05, 0.1) is 16.8 Å². The molecule has 2 aromatic rings. The van der Waals surface area contributed by atoms with E-state index >= 15 is 0 Å². The van der Waals surface area contributed by atoms with Crippen LogP contribution < -0.4 is 11.1 Å². The van der Waals surface area contributed by atoms with Gasteiger partial charge in [0, 0.05) is 12.6 Å². The summed E-state index contributed by atoms with van der Waals surface area (Å²) < 4.78 is 6.41. The molecule has 18 heavy (non-hydrogen) atoms. The molecule has 4 heteroatoms. The van der Waals surface area contributed by atoms with Crippen LogP contribution in [0.25, 0.3) is 0 Å². The van der Waals surface area contributed by atoms with Gasteiger partial charge in [-0.2, -0.15) is 0 Å². The van der Waals surface area contributed by atoms with Gasteiger partial charge < -0.3 is 10.2 Å². The average molecular weight is 309 g/mol. The van der Waals surface area contributed by atoms with Gasteiger partial charge in [-0.05, 0) is 34.5 Å². The number of rotatable bonds is 5. The molecule has 1 aromatic carbocycles. The van der Waals surface area contributed by atoms with Crippen LogP contribution in [0.15, 0.2) is 51.6 Å². The molecule has 0 fully saturated rings. The Kier molecular flexibility index (Phi) is 4.58. The number of nitrogens with one attached hydrogen (secondary N) is 1. The van der Waals surface area contributed by atoms with E-state index in [1.807, 2.05) is 24.3 Å². The molecule has 1 aromatic heterocycles. The highest BCUT2D eigenvalue weighted by atomic mass is 79.9. The minimum atomic E-state index is 0.00424. The Bertz CT molecular complexity index is 484. The summed E-state index contributed by atoms with van der Waals surface area (Å²) in [7, 11) is 0. The lowest BCUT2D eigenvalue weighted by molar-refractivity contribution is 0.387. The highest BCUT2D eigenvalue weighted by Crippen LogP contribution is 2.26. The first-order chi connectivity index (χ1) is 8.72. The Balaban J connectivity index is 2.10. The lowest BCUT2D eigenvalue weighted by atomic mass is 10.1. The summed E-state index contributed by atoms with van der Waals surface area (Å²) in [6, 6.07) is 12.4. The summed E-state index contributed by atoms with van der Waals surface area (Å²) in [5.74, 6) is 0.847. The maximum Gasteiger partial charge on any atom is 0.136 e. The summed E-state index contributed by atoms with van der Waals surface area (Å²) in [5, 5.41) is 3.48. The van der Waals surface area contributed by atoms with Crippen molar-refractivity contribution in [2.24, 2.45) is 5.73 Å². The Morgan fingerprint density at radius 2 is 2.00 bits per heavy atom. The zero-order valence-corrected chi connectivity index (χ0v) is 11.9. The molecule has 0 aliphatic carbocycles. The van der Waals surface area contributed by atoms with Crippen LogP contribution in [0.1, 0.15) is 30.3 Å². The highest BCUT2D eigenvalue weighted by molar-refractivity contribution is 9.10. The molecule has 2 atom stereocenters. The van der Waals surface area contributed by atoms with Crippen molar-refractivity contribution in [2.75, 3.05) is 6.54 Å². The van der Waals surface area contributed by atoms with Crippen LogP contribution in [-0.2, 0) is 0 Å². The molecule has 1 heterocycles. The number of nitrogens with two attached hydrogens (primary N) is 1. The minimum absolute atomic E-state index is 0.00424. The van der Waals surface area contributed by atoms with Gasteiger partial charge in [-0.1, -0.05) is 30.3 Å². The standard InChI is InChI=1S/C14H17BrN2O/c1-10(11-5-3-2-4-6-11)17-13(9-16)14-12(15)7-8-18-14/h2-8,10,13,17H,9,16H2,1H3. The fourth-order valence-electron chi connectivity index (χ4n) is 1.94. The predicted molar refractivity (Wildman–Crippen MR) is 76.2 cm³/mol. The van der Waals surface area contributed by atoms with E-state index in [2.05, 4.69) is 40.3 Å². The maximum absolute atomic E-state index is 5.82. The Morgan fingerprint density at radius 1 is 1.28 bits per heavy atom. The van der Waals surface area contributed by atoms with Gasteiger partial charge in [0.1, 0.15) is 5.76 Å². The third kappa shape index (κ3) is 3.02. The zero-order valence-electron chi connectivity index (χ0n) is 10.3. The monoisotopic (exact) mass is 308 g/mol. The van der Waals surface area contributed by atoms with Crippen LogP contribution in [0, 0.1) is 0 Å². The van der Waals surface area contributed by atoms with E-state index in [0.717, 1.165) is 10.2 Å². The molecule has 0 saturated carbocycles. The third-order valence-corrected chi connectivity index (χ3v) is 3.60. The Morgan fingerprint density at radius 3 is 2.56 bits per heavy atom. The number of benzene rings is 1. The van der Waals surface area contributed by atoms with Crippen LogP contribution in [0.5, 0.6) is 0 Å². The smallest absolute Gasteiger partial charge is 0.136 e. The van der Waals surface area contributed by atoms with Crippen molar-refractivity contribution in [1.29, 1.82) is 0 Å². The molecule has 3 N–H and O–H groups in total. The van der Waals surface area contributed by atoms with Crippen molar-refractivity contribution in [3.8, 4) is 0 Å². The normalized spacial score (nSPS) is 14.4. The van der Waals surface area contributed by atoms with Crippen molar-refractivity contribution in [3.05, 3.63) is 58.5 Å². The van der Waals surface area contributed by atoms with Crippen molar-refractivity contribution in [1.82, 2.24) is 5.32 Å². The number of furan rings is 1. The molecule has 0 amide bonds. The summed E-state index contributed by atoms with van der Waals surface area (Å²) >= 11 is 3.46. The molecule has 3 nitrogen and oxygen atoms in total. The molecular weight excluding hydrogens is 292 g/mol.